The zero-order valence-electron chi connectivity index (χ0n) is 10.6. The Hall–Kier alpha value is -1.78. The van der Waals surface area contributed by atoms with Gasteiger partial charge in [-0.1, -0.05) is 12.8 Å². The molecule has 1 aromatic rings. The molecule has 0 saturated carbocycles. The molecule has 1 atom stereocenters. The molecule has 5 nitrogen and oxygen atoms in total. The summed E-state index contributed by atoms with van der Waals surface area (Å²) in [6.45, 7) is 2.98. The highest BCUT2D eigenvalue weighted by molar-refractivity contribution is 5.94. The van der Waals surface area contributed by atoms with Gasteiger partial charge in [0.2, 0.25) is 0 Å². The maximum Gasteiger partial charge on any atom is 0.339 e. The topological polar surface area (TPSA) is 79.5 Å². The zero-order chi connectivity index (χ0) is 13.1. The molecule has 1 saturated heterocycles. The molecule has 3 N–H and O–H groups in total. The number of nitrogen functional groups attached to an aromatic ring is 1. The van der Waals surface area contributed by atoms with Crippen molar-refractivity contribution in [3.05, 3.63) is 17.8 Å². The monoisotopic (exact) mass is 249 g/mol. The molecule has 1 unspecified atom stereocenters. The van der Waals surface area contributed by atoms with Crippen LogP contribution in [0.15, 0.2) is 12.3 Å². The molecule has 1 fully saturated rings. The summed E-state index contributed by atoms with van der Waals surface area (Å²) in [7, 11) is 0. The van der Waals surface area contributed by atoms with E-state index in [0.717, 1.165) is 19.4 Å². The lowest BCUT2D eigenvalue weighted by Crippen LogP contribution is -2.34. The van der Waals surface area contributed by atoms with Gasteiger partial charge in [-0.15, -0.1) is 0 Å². The maximum absolute atomic E-state index is 11.3. The van der Waals surface area contributed by atoms with E-state index < -0.39 is 5.97 Å². The van der Waals surface area contributed by atoms with Crippen LogP contribution in [0.3, 0.4) is 0 Å². The fourth-order valence-corrected chi connectivity index (χ4v) is 2.45. The minimum Gasteiger partial charge on any atom is -0.478 e. The summed E-state index contributed by atoms with van der Waals surface area (Å²) in [4.78, 5) is 17.6. The molecule has 0 amide bonds. The second-order valence-corrected chi connectivity index (χ2v) is 4.84. The van der Waals surface area contributed by atoms with Crippen molar-refractivity contribution in [2.45, 2.75) is 38.6 Å². The van der Waals surface area contributed by atoms with E-state index in [1.807, 2.05) is 0 Å². The minimum absolute atomic E-state index is 0.198. The predicted octanol–water partition coefficient (Wildman–Crippen LogP) is 2.13. The number of aromatic nitrogens is 1. The van der Waals surface area contributed by atoms with E-state index in [9.17, 15) is 9.90 Å². The van der Waals surface area contributed by atoms with Crippen LogP contribution in [-0.4, -0.2) is 28.6 Å². The molecule has 5 heteroatoms. The Kier molecular flexibility index (Phi) is 3.69. The maximum atomic E-state index is 11.3. The first-order valence-electron chi connectivity index (χ1n) is 6.35. The molecule has 0 spiro atoms. The van der Waals surface area contributed by atoms with Crippen LogP contribution in [0.25, 0.3) is 0 Å². The number of carboxylic acids is 1. The third kappa shape index (κ3) is 2.55. The Labute approximate surface area is 107 Å². The number of rotatable bonds is 2. The van der Waals surface area contributed by atoms with Crippen LogP contribution in [0.2, 0.25) is 0 Å². The van der Waals surface area contributed by atoms with Gasteiger partial charge in [0.25, 0.3) is 0 Å². The average molecular weight is 249 g/mol. The number of carboxylic acid groups (broad SMARTS) is 1. The average Bonchev–Trinajstić information content (AvgIpc) is 2.54. The minimum atomic E-state index is -0.971. The van der Waals surface area contributed by atoms with Crippen LogP contribution in [0.4, 0.5) is 11.5 Å². The van der Waals surface area contributed by atoms with Crippen molar-refractivity contribution in [3.8, 4) is 0 Å². The Balaban J connectivity index is 2.39. The SMILES string of the molecule is CC1CCCCCN1c1ncc(N)cc1C(=O)O. The first kappa shape index (κ1) is 12.7. The van der Waals surface area contributed by atoms with Crippen LogP contribution >= 0.6 is 0 Å². The van der Waals surface area contributed by atoms with Gasteiger partial charge in [-0.3, -0.25) is 0 Å². The van der Waals surface area contributed by atoms with E-state index in [2.05, 4.69) is 16.8 Å². The second-order valence-electron chi connectivity index (χ2n) is 4.84. The van der Waals surface area contributed by atoms with Gasteiger partial charge in [0.05, 0.1) is 11.9 Å². The molecular formula is C13H19N3O2. The first-order valence-corrected chi connectivity index (χ1v) is 6.35. The van der Waals surface area contributed by atoms with Gasteiger partial charge in [-0.2, -0.15) is 0 Å². The molecule has 2 heterocycles. The van der Waals surface area contributed by atoms with E-state index in [1.54, 1.807) is 0 Å². The smallest absolute Gasteiger partial charge is 0.339 e. The van der Waals surface area contributed by atoms with E-state index >= 15 is 0 Å². The van der Waals surface area contributed by atoms with Crippen LogP contribution in [0, 0.1) is 0 Å². The van der Waals surface area contributed by atoms with Gasteiger partial charge in [-0.25, -0.2) is 9.78 Å². The summed E-state index contributed by atoms with van der Waals surface area (Å²) in [6.07, 6.45) is 6.06. The largest absolute Gasteiger partial charge is 0.478 e. The fourth-order valence-electron chi connectivity index (χ4n) is 2.45. The highest BCUT2D eigenvalue weighted by atomic mass is 16.4. The van der Waals surface area contributed by atoms with Crippen molar-refractivity contribution in [3.63, 3.8) is 0 Å². The molecule has 1 aliphatic rings. The standard InChI is InChI=1S/C13H19N3O2/c1-9-5-3-2-4-6-16(9)12-11(13(17)18)7-10(14)8-15-12/h7-9H,2-6,14H2,1H3,(H,17,18). The van der Waals surface area contributed by atoms with Crippen LogP contribution in [0.1, 0.15) is 43.0 Å². The summed E-state index contributed by atoms with van der Waals surface area (Å²) in [5, 5.41) is 9.26. The highest BCUT2D eigenvalue weighted by Crippen LogP contribution is 2.26. The Morgan fingerprint density at radius 3 is 3.00 bits per heavy atom. The molecule has 1 aromatic heterocycles. The fraction of sp³-hybridized carbons (Fsp3) is 0.538. The lowest BCUT2D eigenvalue weighted by Gasteiger charge is -2.29. The molecular weight excluding hydrogens is 230 g/mol. The number of hydrogen-bond donors (Lipinski definition) is 2. The van der Waals surface area contributed by atoms with Crippen LogP contribution in [-0.2, 0) is 0 Å². The molecule has 0 radical (unpaired) electrons. The van der Waals surface area contributed by atoms with Crippen molar-refractivity contribution < 1.29 is 9.90 Å². The molecule has 18 heavy (non-hydrogen) atoms. The van der Waals surface area contributed by atoms with E-state index in [-0.39, 0.29) is 5.56 Å². The predicted molar refractivity (Wildman–Crippen MR) is 70.9 cm³/mol. The van der Waals surface area contributed by atoms with Crippen molar-refractivity contribution in [2.75, 3.05) is 17.2 Å². The van der Waals surface area contributed by atoms with Crippen molar-refractivity contribution >= 4 is 17.5 Å². The Bertz CT molecular complexity index is 448. The second kappa shape index (κ2) is 5.25. The summed E-state index contributed by atoms with van der Waals surface area (Å²) in [5.74, 6) is -0.424. The summed E-state index contributed by atoms with van der Waals surface area (Å²) >= 11 is 0. The van der Waals surface area contributed by atoms with E-state index in [1.165, 1.54) is 25.1 Å². The molecule has 1 aliphatic heterocycles. The van der Waals surface area contributed by atoms with Crippen molar-refractivity contribution in [2.24, 2.45) is 0 Å². The van der Waals surface area contributed by atoms with Gasteiger partial charge < -0.3 is 15.7 Å². The number of carbonyl (C=O) groups is 1. The normalized spacial score (nSPS) is 20.5. The van der Waals surface area contributed by atoms with Crippen LogP contribution in [0.5, 0.6) is 0 Å². The third-order valence-corrected chi connectivity index (χ3v) is 3.44. The number of hydrogen-bond acceptors (Lipinski definition) is 4. The number of aromatic carboxylic acids is 1. The van der Waals surface area contributed by atoms with Gasteiger partial charge in [-0.05, 0) is 25.8 Å². The first-order chi connectivity index (χ1) is 8.59. The van der Waals surface area contributed by atoms with Crippen molar-refractivity contribution in [1.29, 1.82) is 0 Å². The molecule has 0 aliphatic carbocycles. The highest BCUT2D eigenvalue weighted by Gasteiger charge is 2.23. The van der Waals surface area contributed by atoms with E-state index in [4.69, 9.17) is 5.73 Å². The Morgan fingerprint density at radius 1 is 1.50 bits per heavy atom. The summed E-state index contributed by atoms with van der Waals surface area (Å²) < 4.78 is 0. The molecule has 98 valence electrons. The quantitative estimate of drug-likeness (QED) is 0.839. The van der Waals surface area contributed by atoms with Crippen LogP contribution < -0.4 is 10.6 Å². The van der Waals surface area contributed by atoms with Gasteiger partial charge in [0, 0.05) is 12.6 Å². The third-order valence-electron chi connectivity index (χ3n) is 3.44. The van der Waals surface area contributed by atoms with Crippen molar-refractivity contribution in [1.82, 2.24) is 4.98 Å². The number of nitrogens with zero attached hydrogens (tertiary/aromatic N) is 2. The summed E-state index contributed by atoms with van der Waals surface area (Å²) in [6, 6.07) is 1.81. The zero-order valence-corrected chi connectivity index (χ0v) is 10.6. The van der Waals surface area contributed by atoms with Gasteiger partial charge in [0.1, 0.15) is 11.4 Å². The lowest BCUT2D eigenvalue weighted by molar-refractivity contribution is 0.0697. The number of anilines is 2. The summed E-state index contributed by atoms with van der Waals surface area (Å²) in [5.41, 5.74) is 6.20. The number of pyridine rings is 1. The molecule has 0 aromatic carbocycles. The van der Waals surface area contributed by atoms with Gasteiger partial charge >= 0.3 is 5.97 Å². The number of nitrogens with two attached hydrogens (primary N) is 1. The van der Waals surface area contributed by atoms with Gasteiger partial charge in [0.15, 0.2) is 0 Å². The molecule has 2 rings (SSSR count). The lowest BCUT2D eigenvalue weighted by atomic mass is 10.1. The molecule has 0 bridgehead atoms. The van der Waals surface area contributed by atoms with E-state index in [0.29, 0.717) is 17.5 Å². The Morgan fingerprint density at radius 2 is 2.28 bits per heavy atom.